The van der Waals surface area contributed by atoms with Crippen molar-refractivity contribution in [3.8, 4) is 0 Å². The Morgan fingerprint density at radius 1 is 0.812 bits per heavy atom. The molecular weight excluding hydrogens is 392 g/mol. The van der Waals surface area contributed by atoms with E-state index in [1.54, 1.807) is 0 Å². The van der Waals surface area contributed by atoms with Gasteiger partial charge in [0.05, 0.1) is 19.3 Å². The van der Waals surface area contributed by atoms with Gasteiger partial charge in [0.2, 0.25) is 0 Å². The summed E-state index contributed by atoms with van der Waals surface area (Å²) in [5, 5.41) is 11.7. The lowest BCUT2D eigenvalue weighted by molar-refractivity contribution is 0.0333. The monoisotopic (exact) mass is 430 g/mol. The third-order valence-electron chi connectivity index (χ3n) is 7.40. The molecule has 1 atom stereocenters. The first-order valence-electron chi connectivity index (χ1n) is 12.1. The highest BCUT2D eigenvalue weighted by Gasteiger charge is 2.37. The maximum Gasteiger partial charge on any atom is 0.0829 e. The van der Waals surface area contributed by atoms with E-state index in [0.29, 0.717) is 6.61 Å². The number of rotatable bonds is 7. The zero-order chi connectivity index (χ0) is 22.9. The Kier molecular flexibility index (Phi) is 6.47. The van der Waals surface area contributed by atoms with Crippen LogP contribution < -0.4 is 0 Å². The molecule has 0 saturated carbocycles. The normalized spacial score (nSPS) is 17.8. The highest BCUT2D eigenvalue weighted by Crippen LogP contribution is 2.46. The lowest BCUT2D eigenvalue weighted by Gasteiger charge is -2.42. The van der Waals surface area contributed by atoms with Crippen molar-refractivity contribution in [3.05, 3.63) is 82.4 Å². The maximum absolute atomic E-state index is 9.37. The van der Waals surface area contributed by atoms with Crippen LogP contribution in [0.15, 0.2) is 54.6 Å². The smallest absolute Gasteiger partial charge is 0.0829 e. The van der Waals surface area contributed by atoms with Gasteiger partial charge in [-0.25, -0.2) is 0 Å². The molecule has 0 heterocycles. The van der Waals surface area contributed by atoms with Crippen LogP contribution in [-0.4, -0.2) is 5.11 Å². The summed E-state index contributed by atoms with van der Waals surface area (Å²) in [6.07, 6.45) is 4.70. The zero-order valence-corrected chi connectivity index (χ0v) is 20.4. The molecule has 32 heavy (non-hydrogen) atoms. The van der Waals surface area contributed by atoms with Crippen molar-refractivity contribution in [1.82, 2.24) is 0 Å². The minimum atomic E-state index is 0.0776. The highest BCUT2D eigenvalue weighted by atomic mass is 16.5. The molecular formula is C30H38O2. The van der Waals surface area contributed by atoms with E-state index in [1.807, 2.05) is 6.07 Å². The number of hydrogen-bond donors (Lipinski definition) is 1. The van der Waals surface area contributed by atoms with Gasteiger partial charge in [-0.3, -0.25) is 0 Å². The Hall–Kier alpha value is -2.16. The van der Waals surface area contributed by atoms with Crippen molar-refractivity contribution in [1.29, 1.82) is 0 Å². The third kappa shape index (κ3) is 4.63. The van der Waals surface area contributed by atoms with Crippen LogP contribution in [0.5, 0.6) is 0 Å². The van der Waals surface area contributed by atoms with E-state index in [4.69, 9.17) is 4.74 Å². The first-order chi connectivity index (χ1) is 15.2. The predicted octanol–water partition coefficient (Wildman–Crippen LogP) is 7.74. The van der Waals surface area contributed by atoms with Crippen LogP contribution >= 0.6 is 0 Å². The Labute approximate surface area is 193 Å². The van der Waals surface area contributed by atoms with E-state index in [-0.39, 0.29) is 23.5 Å². The van der Waals surface area contributed by atoms with Crippen LogP contribution in [0.25, 0.3) is 10.8 Å². The molecule has 0 aromatic heterocycles. The van der Waals surface area contributed by atoms with Crippen molar-refractivity contribution < 1.29 is 9.84 Å². The molecule has 2 heteroatoms. The average molecular weight is 431 g/mol. The fourth-order valence-corrected chi connectivity index (χ4v) is 5.14. The van der Waals surface area contributed by atoms with Gasteiger partial charge in [0.25, 0.3) is 0 Å². The topological polar surface area (TPSA) is 29.5 Å². The van der Waals surface area contributed by atoms with Gasteiger partial charge in [-0.15, -0.1) is 0 Å². The fourth-order valence-electron chi connectivity index (χ4n) is 5.14. The molecule has 0 radical (unpaired) electrons. The molecule has 0 saturated heterocycles. The van der Waals surface area contributed by atoms with E-state index in [1.165, 1.54) is 40.5 Å². The average Bonchev–Trinajstić information content (AvgIpc) is 2.79. The van der Waals surface area contributed by atoms with E-state index in [9.17, 15) is 5.11 Å². The van der Waals surface area contributed by atoms with Gasteiger partial charge in [-0.2, -0.15) is 0 Å². The summed E-state index contributed by atoms with van der Waals surface area (Å²) >= 11 is 0. The highest BCUT2D eigenvalue weighted by molar-refractivity contribution is 5.83. The molecule has 1 aliphatic carbocycles. The SMILES string of the molecule is CCCC(OCc1ccc2cc(CO)ccc2c1)c1ccc2c(c1)C(C)(C)CCC2(C)C. The lowest BCUT2D eigenvalue weighted by atomic mass is 9.63. The van der Waals surface area contributed by atoms with Gasteiger partial charge >= 0.3 is 0 Å². The molecule has 170 valence electrons. The minimum Gasteiger partial charge on any atom is -0.392 e. The number of aliphatic hydroxyl groups is 1. The van der Waals surface area contributed by atoms with Gasteiger partial charge in [0.15, 0.2) is 0 Å². The second-order valence-electron chi connectivity index (χ2n) is 10.8. The Balaban J connectivity index is 1.57. The number of hydrogen-bond acceptors (Lipinski definition) is 2. The Bertz CT molecular complexity index is 1090. The molecule has 0 bridgehead atoms. The molecule has 0 amide bonds. The number of fused-ring (bicyclic) bond motifs is 2. The van der Waals surface area contributed by atoms with Crippen molar-refractivity contribution in [2.75, 3.05) is 0 Å². The first-order valence-corrected chi connectivity index (χ1v) is 12.1. The molecule has 1 unspecified atom stereocenters. The Morgan fingerprint density at radius 2 is 1.44 bits per heavy atom. The van der Waals surface area contributed by atoms with E-state index >= 15 is 0 Å². The maximum atomic E-state index is 9.37. The van der Waals surface area contributed by atoms with Crippen LogP contribution in [0, 0.1) is 0 Å². The molecule has 0 aliphatic heterocycles. The van der Waals surface area contributed by atoms with Gasteiger partial charge < -0.3 is 9.84 Å². The molecule has 3 aromatic carbocycles. The number of aliphatic hydroxyl groups excluding tert-OH is 1. The number of benzene rings is 3. The third-order valence-corrected chi connectivity index (χ3v) is 7.40. The van der Waals surface area contributed by atoms with Crippen molar-refractivity contribution in [2.45, 2.75) is 90.4 Å². The summed E-state index contributed by atoms with van der Waals surface area (Å²) < 4.78 is 6.52. The molecule has 4 rings (SSSR count). The van der Waals surface area contributed by atoms with Gasteiger partial charge in [-0.05, 0) is 80.8 Å². The standard InChI is InChI=1S/C30H38O2/c1-6-7-28(25-12-13-26-27(18-25)30(4,5)15-14-29(26,2)3)32-20-22-9-11-23-16-21(19-31)8-10-24(23)17-22/h8-13,16-18,28,31H,6-7,14-15,19-20H2,1-5H3. The van der Waals surface area contributed by atoms with E-state index in [2.05, 4.69) is 83.1 Å². The molecule has 0 fully saturated rings. The summed E-state index contributed by atoms with van der Waals surface area (Å²) in [7, 11) is 0. The zero-order valence-electron chi connectivity index (χ0n) is 20.4. The summed E-state index contributed by atoms with van der Waals surface area (Å²) in [5.74, 6) is 0. The van der Waals surface area contributed by atoms with Crippen molar-refractivity contribution in [2.24, 2.45) is 0 Å². The van der Waals surface area contributed by atoms with E-state index in [0.717, 1.165) is 23.8 Å². The van der Waals surface area contributed by atoms with Crippen LogP contribution in [0.3, 0.4) is 0 Å². The van der Waals surface area contributed by atoms with Crippen molar-refractivity contribution in [3.63, 3.8) is 0 Å². The summed E-state index contributed by atoms with van der Waals surface area (Å²) in [4.78, 5) is 0. The summed E-state index contributed by atoms with van der Waals surface area (Å²) in [5.41, 5.74) is 6.91. The first kappa shape index (κ1) is 23.0. The van der Waals surface area contributed by atoms with Gasteiger partial charge in [0.1, 0.15) is 0 Å². The predicted molar refractivity (Wildman–Crippen MR) is 134 cm³/mol. The molecule has 1 aliphatic rings. The molecule has 2 nitrogen and oxygen atoms in total. The minimum absolute atomic E-state index is 0.0776. The van der Waals surface area contributed by atoms with Crippen molar-refractivity contribution >= 4 is 10.8 Å². The quantitative estimate of drug-likeness (QED) is 0.415. The fraction of sp³-hybridized carbons (Fsp3) is 0.467. The largest absolute Gasteiger partial charge is 0.392 e. The second-order valence-corrected chi connectivity index (χ2v) is 10.8. The molecule has 1 N–H and O–H groups in total. The molecule has 3 aromatic rings. The van der Waals surface area contributed by atoms with Crippen LogP contribution in [-0.2, 0) is 28.8 Å². The van der Waals surface area contributed by atoms with Gasteiger partial charge in [-0.1, -0.05) is 83.5 Å². The summed E-state index contributed by atoms with van der Waals surface area (Å²) in [6.45, 7) is 12.4. The van der Waals surface area contributed by atoms with E-state index < -0.39 is 0 Å². The lowest BCUT2D eigenvalue weighted by Crippen LogP contribution is -2.34. The van der Waals surface area contributed by atoms with Crippen LogP contribution in [0.1, 0.15) is 94.2 Å². The van der Waals surface area contributed by atoms with Gasteiger partial charge in [0, 0.05) is 0 Å². The van der Waals surface area contributed by atoms with Crippen LogP contribution in [0.4, 0.5) is 0 Å². The molecule has 0 spiro atoms. The number of ether oxygens (including phenoxy) is 1. The Morgan fingerprint density at radius 3 is 2.09 bits per heavy atom. The van der Waals surface area contributed by atoms with Crippen LogP contribution in [0.2, 0.25) is 0 Å². The second kappa shape index (κ2) is 9.00. The summed E-state index contributed by atoms with van der Waals surface area (Å²) in [6, 6.07) is 19.7.